The van der Waals surface area contributed by atoms with Crippen molar-refractivity contribution in [3.8, 4) is 5.69 Å². The maximum atomic E-state index is 12.4. The number of thioether (sulfide) groups is 1. The van der Waals surface area contributed by atoms with Gasteiger partial charge in [0.1, 0.15) is 5.65 Å². The van der Waals surface area contributed by atoms with E-state index in [1.54, 1.807) is 15.1 Å². The molecule has 4 rings (SSSR count). The highest BCUT2D eigenvalue weighted by molar-refractivity contribution is 7.98. The van der Waals surface area contributed by atoms with Gasteiger partial charge in [0.05, 0.1) is 11.4 Å². The number of benzene rings is 1. The lowest BCUT2D eigenvalue weighted by Gasteiger charge is -2.09. The molecule has 4 aromatic rings. The van der Waals surface area contributed by atoms with Crippen LogP contribution in [0.1, 0.15) is 22.5 Å². The maximum absolute atomic E-state index is 12.4. The molecule has 0 fully saturated rings. The number of pyridine rings is 1. The summed E-state index contributed by atoms with van der Waals surface area (Å²) in [6.45, 7) is 5.95. The van der Waals surface area contributed by atoms with Gasteiger partial charge in [-0.25, -0.2) is 4.98 Å². The third-order valence-corrected chi connectivity index (χ3v) is 5.27. The number of nitrogens with zero attached hydrogens (tertiary/aromatic N) is 6. The minimum atomic E-state index is -0.0807. The molecule has 27 heavy (non-hydrogen) atoms. The number of hydrogen-bond donors (Lipinski definition) is 0. The van der Waals surface area contributed by atoms with Crippen molar-refractivity contribution in [1.29, 1.82) is 0 Å². The zero-order valence-corrected chi connectivity index (χ0v) is 16.1. The highest BCUT2D eigenvalue weighted by atomic mass is 32.2. The minimum absolute atomic E-state index is 0.0807. The average molecular weight is 378 g/mol. The van der Waals surface area contributed by atoms with Gasteiger partial charge in [0, 0.05) is 17.5 Å². The van der Waals surface area contributed by atoms with Crippen LogP contribution in [0.15, 0.2) is 52.4 Å². The lowest BCUT2D eigenvalue weighted by Crippen LogP contribution is -2.17. The predicted octanol–water partition coefficient (Wildman–Crippen LogP) is 2.89. The van der Waals surface area contributed by atoms with Crippen molar-refractivity contribution >= 4 is 17.4 Å². The van der Waals surface area contributed by atoms with Gasteiger partial charge in [0.15, 0.2) is 0 Å². The van der Waals surface area contributed by atoms with Gasteiger partial charge in [0.2, 0.25) is 5.16 Å². The zero-order valence-electron chi connectivity index (χ0n) is 15.2. The van der Waals surface area contributed by atoms with Crippen LogP contribution in [0.2, 0.25) is 0 Å². The average Bonchev–Trinajstić information content (AvgIpc) is 3.10. The SMILES string of the molecule is Cc1ccc(C)c(-n2nnnc2SCc2cc(=O)n3c(C)cccc3n2)c1. The lowest BCUT2D eigenvalue weighted by molar-refractivity contribution is 0.751. The van der Waals surface area contributed by atoms with Crippen molar-refractivity contribution in [3.05, 3.63) is 75.3 Å². The van der Waals surface area contributed by atoms with Gasteiger partial charge in [-0.05, 0) is 60.5 Å². The molecular weight excluding hydrogens is 360 g/mol. The Labute approximate surface area is 160 Å². The summed E-state index contributed by atoms with van der Waals surface area (Å²) in [5.74, 6) is 0.505. The van der Waals surface area contributed by atoms with E-state index in [-0.39, 0.29) is 5.56 Å². The monoisotopic (exact) mass is 378 g/mol. The summed E-state index contributed by atoms with van der Waals surface area (Å²) < 4.78 is 3.33. The third-order valence-electron chi connectivity index (χ3n) is 4.32. The van der Waals surface area contributed by atoms with Gasteiger partial charge < -0.3 is 0 Å². The second kappa shape index (κ2) is 6.96. The summed E-state index contributed by atoms with van der Waals surface area (Å²) in [6, 6.07) is 13.4. The molecule has 3 heterocycles. The first-order valence-corrected chi connectivity index (χ1v) is 9.48. The maximum Gasteiger partial charge on any atom is 0.258 e. The van der Waals surface area contributed by atoms with Crippen LogP contribution < -0.4 is 5.56 Å². The van der Waals surface area contributed by atoms with Crippen molar-refractivity contribution in [3.63, 3.8) is 0 Å². The highest BCUT2D eigenvalue weighted by Crippen LogP contribution is 2.24. The lowest BCUT2D eigenvalue weighted by atomic mass is 10.1. The first-order valence-electron chi connectivity index (χ1n) is 8.50. The Hall–Kier alpha value is -3.00. The van der Waals surface area contributed by atoms with Gasteiger partial charge in [0.25, 0.3) is 5.56 Å². The Kier molecular flexibility index (Phi) is 4.49. The zero-order chi connectivity index (χ0) is 19.0. The Morgan fingerprint density at radius 2 is 1.93 bits per heavy atom. The van der Waals surface area contributed by atoms with E-state index in [2.05, 4.69) is 38.7 Å². The fourth-order valence-corrected chi connectivity index (χ4v) is 3.72. The second-order valence-electron chi connectivity index (χ2n) is 6.40. The van der Waals surface area contributed by atoms with E-state index in [1.807, 2.05) is 39.0 Å². The third kappa shape index (κ3) is 3.35. The molecule has 0 aliphatic heterocycles. The number of fused-ring (bicyclic) bond motifs is 1. The standard InChI is InChI=1S/C19H18N6OS/c1-12-7-8-13(2)16(9-12)25-19(21-22-23-25)27-11-15-10-18(26)24-14(3)5-4-6-17(24)20-15/h4-10H,11H2,1-3H3. The van der Waals surface area contributed by atoms with Crippen molar-refractivity contribution < 1.29 is 0 Å². The van der Waals surface area contributed by atoms with Crippen molar-refractivity contribution in [2.75, 3.05) is 0 Å². The Balaban J connectivity index is 1.64. The Bertz CT molecular complexity index is 1200. The van der Waals surface area contributed by atoms with E-state index in [4.69, 9.17) is 0 Å². The van der Waals surface area contributed by atoms with Crippen LogP contribution in [0.4, 0.5) is 0 Å². The van der Waals surface area contributed by atoms with Crippen LogP contribution in [0.25, 0.3) is 11.3 Å². The van der Waals surface area contributed by atoms with Crippen LogP contribution in [-0.4, -0.2) is 29.6 Å². The quantitative estimate of drug-likeness (QED) is 0.508. The molecule has 136 valence electrons. The Morgan fingerprint density at radius 1 is 1.07 bits per heavy atom. The van der Waals surface area contributed by atoms with Crippen LogP contribution >= 0.6 is 11.8 Å². The van der Waals surface area contributed by atoms with Crippen molar-refractivity contribution in [2.24, 2.45) is 0 Å². The van der Waals surface area contributed by atoms with E-state index in [0.29, 0.717) is 22.3 Å². The number of hydrogen-bond acceptors (Lipinski definition) is 6. The molecule has 0 aliphatic rings. The molecule has 0 N–H and O–H groups in total. The topological polar surface area (TPSA) is 78.0 Å². The van der Waals surface area contributed by atoms with Crippen LogP contribution in [-0.2, 0) is 5.75 Å². The molecule has 0 spiro atoms. The molecule has 8 heteroatoms. The number of aromatic nitrogens is 6. The molecule has 1 aromatic carbocycles. The summed E-state index contributed by atoms with van der Waals surface area (Å²) in [6.07, 6.45) is 0. The van der Waals surface area contributed by atoms with E-state index in [1.165, 1.54) is 11.8 Å². The van der Waals surface area contributed by atoms with Crippen LogP contribution in [0, 0.1) is 20.8 Å². The highest BCUT2D eigenvalue weighted by Gasteiger charge is 2.13. The van der Waals surface area contributed by atoms with Crippen molar-refractivity contribution in [1.82, 2.24) is 29.6 Å². The molecule has 3 aromatic heterocycles. The fraction of sp³-hybridized carbons (Fsp3) is 0.211. The molecule has 0 atom stereocenters. The fourth-order valence-electron chi connectivity index (χ4n) is 2.94. The minimum Gasteiger partial charge on any atom is -0.269 e. The number of rotatable bonds is 4. The first-order chi connectivity index (χ1) is 13.0. The Morgan fingerprint density at radius 3 is 2.78 bits per heavy atom. The van der Waals surface area contributed by atoms with Gasteiger partial charge in [-0.3, -0.25) is 9.20 Å². The summed E-state index contributed by atoms with van der Waals surface area (Å²) in [7, 11) is 0. The summed E-state index contributed by atoms with van der Waals surface area (Å²) >= 11 is 1.45. The molecule has 0 amide bonds. The van der Waals surface area contributed by atoms with E-state index in [9.17, 15) is 4.79 Å². The van der Waals surface area contributed by atoms with Crippen LogP contribution in [0.3, 0.4) is 0 Å². The van der Waals surface area contributed by atoms with E-state index < -0.39 is 0 Å². The smallest absolute Gasteiger partial charge is 0.258 e. The van der Waals surface area contributed by atoms with Gasteiger partial charge in [-0.2, -0.15) is 4.68 Å². The van der Waals surface area contributed by atoms with Gasteiger partial charge >= 0.3 is 0 Å². The first kappa shape index (κ1) is 17.4. The molecular formula is C19H18N6OS. The summed E-state index contributed by atoms with van der Waals surface area (Å²) in [5.41, 5.74) is 5.31. The number of tetrazole rings is 1. The summed E-state index contributed by atoms with van der Waals surface area (Å²) in [5, 5.41) is 12.7. The van der Waals surface area contributed by atoms with Gasteiger partial charge in [-0.1, -0.05) is 30.0 Å². The largest absolute Gasteiger partial charge is 0.269 e. The van der Waals surface area contributed by atoms with Crippen molar-refractivity contribution in [2.45, 2.75) is 31.7 Å². The second-order valence-corrected chi connectivity index (χ2v) is 7.34. The van der Waals surface area contributed by atoms with E-state index >= 15 is 0 Å². The van der Waals surface area contributed by atoms with E-state index in [0.717, 1.165) is 22.5 Å². The molecule has 0 saturated carbocycles. The predicted molar refractivity (Wildman–Crippen MR) is 104 cm³/mol. The molecule has 0 bridgehead atoms. The molecule has 0 radical (unpaired) electrons. The summed E-state index contributed by atoms with van der Waals surface area (Å²) in [4.78, 5) is 17.0. The molecule has 0 aliphatic carbocycles. The number of aryl methyl sites for hydroxylation is 3. The van der Waals surface area contributed by atoms with Gasteiger partial charge in [-0.15, -0.1) is 5.10 Å². The van der Waals surface area contributed by atoms with Crippen LogP contribution in [0.5, 0.6) is 0 Å². The normalized spacial score (nSPS) is 11.2. The molecule has 0 unspecified atom stereocenters. The molecule has 0 saturated heterocycles. The molecule has 7 nitrogen and oxygen atoms in total.